The average Bonchev–Trinajstić information content (AvgIpc) is 2.40. The minimum absolute atomic E-state index is 0.0881. The van der Waals surface area contributed by atoms with E-state index in [0.29, 0.717) is 6.61 Å². The zero-order valence-corrected chi connectivity index (χ0v) is 10.9. The standard InChI is InChI=1S/C12H17N3O4/c1-3-18-11-8(13-2)7-10(11)19-9-5-4-6-14-12(9)15(16)17/h4-6,8,10-11,13H,3,7H2,1-2H3. The Hall–Kier alpha value is -1.73. The van der Waals surface area contributed by atoms with Gasteiger partial charge < -0.3 is 24.9 Å². The van der Waals surface area contributed by atoms with E-state index in [-0.39, 0.29) is 29.8 Å². The molecule has 1 N–H and O–H groups in total. The van der Waals surface area contributed by atoms with E-state index in [0.717, 1.165) is 6.42 Å². The zero-order valence-electron chi connectivity index (χ0n) is 10.9. The highest BCUT2D eigenvalue weighted by molar-refractivity contribution is 5.39. The van der Waals surface area contributed by atoms with Crippen LogP contribution in [0.4, 0.5) is 5.82 Å². The molecule has 1 aliphatic rings. The van der Waals surface area contributed by atoms with Crippen LogP contribution in [0.2, 0.25) is 0 Å². The number of nitrogens with zero attached hydrogens (tertiary/aromatic N) is 2. The molecule has 7 nitrogen and oxygen atoms in total. The number of ether oxygens (including phenoxy) is 2. The predicted octanol–water partition coefficient (Wildman–Crippen LogP) is 1.13. The number of nitrogens with one attached hydrogen (secondary N) is 1. The first-order valence-electron chi connectivity index (χ1n) is 6.22. The summed E-state index contributed by atoms with van der Waals surface area (Å²) in [7, 11) is 1.86. The third-order valence-electron chi connectivity index (χ3n) is 3.18. The maximum absolute atomic E-state index is 10.9. The molecule has 19 heavy (non-hydrogen) atoms. The fraction of sp³-hybridized carbons (Fsp3) is 0.583. The van der Waals surface area contributed by atoms with Gasteiger partial charge in [-0.3, -0.25) is 0 Å². The summed E-state index contributed by atoms with van der Waals surface area (Å²) in [5, 5.41) is 14.0. The van der Waals surface area contributed by atoms with Gasteiger partial charge in [0.2, 0.25) is 5.75 Å². The lowest BCUT2D eigenvalue weighted by molar-refractivity contribution is -0.391. The topological polar surface area (TPSA) is 86.5 Å². The highest BCUT2D eigenvalue weighted by Gasteiger charge is 2.43. The molecule has 1 aliphatic carbocycles. The molecule has 3 unspecified atom stereocenters. The van der Waals surface area contributed by atoms with Crippen molar-refractivity contribution >= 4 is 5.82 Å². The minimum Gasteiger partial charge on any atom is -0.479 e. The van der Waals surface area contributed by atoms with E-state index >= 15 is 0 Å². The quantitative estimate of drug-likeness (QED) is 0.614. The maximum Gasteiger partial charge on any atom is 0.406 e. The molecule has 1 heterocycles. The molecular formula is C12H17N3O4. The first-order chi connectivity index (χ1) is 9.17. The van der Waals surface area contributed by atoms with Crippen molar-refractivity contribution in [3.05, 3.63) is 28.4 Å². The SMILES string of the molecule is CCOC1C(NC)CC1Oc1cccnc1[N+](=O)[O-]. The van der Waals surface area contributed by atoms with Crippen LogP contribution in [0.15, 0.2) is 18.3 Å². The van der Waals surface area contributed by atoms with E-state index < -0.39 is 4.92 Å². The zero-order chi connectivity index (χ0) is 13.8. The van der Waals surface area contributed by atoms with Crippen molar-refractivity contribution in [1.29, 1.82) is 0 Å². The van der Waals surface area contributed by atoms with E-state index in [1.165, 1.54) is 6.20 Å². The molecule has 3 atom stereocenters. The van der Waals surface area contributed by atoms with Crippen molar-refractivity contribution in [2.45, 2.75) is 31.6 Å². The summed E-state index contributed by atoms with van der Waals surface area (Å²) in [6.07, 6.45) is 1.87. The molecule has 0 bridgehead atoms. The molecular weight excluding hydrogens is 250 g/mol. The average molecular weight is 267 g/mol. The van der Waals surface area contributed by atoms with Gasteiger partial charge in [0.15, 0.2) is 0 Å². The van der Waals surface area contributed by atoms with Crippen molar-refractivity contribution in [1.82, 2.24) is 10.3 Å². The van der Waals surface area contributed by atoms with Crippen LogP contribution in [-0.2, 0) is 4.74 Å². The molecule has 1 aromatic rings. The normalized spacial score (nSPS) is 25.7. The van der Waals surface area contributed by atoms with Gasteiger partial charge in [0.25, 0.3) is 0 Å². The Morgan fingerprint density at radius 1 is 1.63 bits per heavy atom. The molecule has 2 rings (SSSR count). The van der Waals surface area contributed by atoms with E-state index in [9.17, 15) is 10.1 Å². The Bertz CT molecular complexity index is 454. The van der Waals surface area contributed by atoms with Crippen LogP contribution in [0.5, 0.6) is 5.75 Å². The van der Waals surface area contributed by atoms with Crippen molar-refractivity contribution in [3.63, 3.8) is 0 Å². The van der Waals surface area contributed by atoms with Crippen molar-refractivity contribution in [3.8, 4) is 5.75 Å². The minimum atomic E-state index is -0.542. The summed E-state index contributed by atoms with van der Waals surface area (Å²) < 4.78 is 11.3. The van der Waals surface area contributed by atoms with Crippen molar-refractivity contribution in [2.75, 3.05) is 13.7 Å². The smallest absolute Gasteiger partial charge is 0.406 e. The summed E-state index contributed by atoms with van der Waals surface area (Å²) in [4.78, 5) is 14.0. The van der Waals surface area contributed by atoms with Crippen LogP contribution in [-0.4, -0.2) is 41.8 Å². The van der Waals surface area contributed by atoms with Crippen LogP contribution in [0, 0.1) is 10.1 Å². The van der Waals surface area contributed by atoms with E-state index in [4.69, 9.17) is 9.47 Å². The van der Waals surface area contributed by atoms with Gasteiger partial charge in [-0.15, -0.1) is 0 Å². The van der Waals surface area contributed by atoms with Crippen molar-refractivity contribution < 1.29 is 14.4 Å². The highest BCUT2D eigenvalue weighted by atomic mass is 16.6. The largest absolute Gasteiger partial charge is 0.479 e. The third-order valence-corrected chi connectivity index (χ3v) is 3.18. The number of aromatic nitrogens is 1. The molecule has 0 aromatic carbocycles. The van der Waals surface area contributed by atoms with Crippen molar-refractivity contribution in [2.24, 2.45) is 0 Å². The molecule has 1 aromatic heterocycles. The summed E-state index contributed by atoms with van der Waals surface area (Å²) in [6, 6.07) is 3.40. The lowest BCUT2D eigenvalue weighted by Gasteiger charge is -2.43. The van der Waals surface area contributed by atoms with Crippen LogP contribution < -0.4 is 10.1 Å². The van der Waals surface area contributed by atoms with Gasteiger partial charge in [-0.2, -0.15) is 0 Å². The highest BCUT2D eigenvalue weighted by Crippen LogP contribution is 2.32. The summed E-state index contributed by atoms with van der Waals surface area (Å²) in [5.74, 6) is -0.0672. The summed E-state index contributed by atoms with van der Waals surface area (Å²) in [6.45, 7) is 2.49. The van der Waals surface area contributed by atoms with E-state index in [1.54, 1.807) is 12.1 Å². The predicted molar refractivity (Wildman–Crippen MR) is 68.2 cm³/mol. The molecule has 104 valence electrons. The van der Waals surface area contributed by atoms with Crippen LogP contribution in [0.25, 0.3) is 0 Å². The van der Waals surface area contributed by atoms with E-state index in [2.05, 4.69) is 10.3 Å². The fourth-order valence-corrected chi connectivity index (χ4v) is 2.17. The maximum atomic E-state index is 10.9. The Morgan fingerprint density at radius 2 is 2.42 bits per heavy atom. The first-order valence-corrected chi connectivity index (χ1v) is 6.22. The third kappa shape index (κ3) is 2.82. The van der Waals surface area contributed by atoms with E-state index in [1.807, 2.05) is 14.0 Å². The van der Waals surface area contributed by atoms with Gasteiger partial charge in [-0.1, -0.05) is 0 Å². The molecule has 0 aliphatic heterocycles. The van der Waals surface area contributed by atoms with Gasteiger partial charge in [0.05, 0.1) is 0 Å². The number of rotatable bonds is 6. The number of likely N-dealkylation sites (N-methyl/N-ethyl adjacent to an activating group) is 1. The summed E-state index contributed by atoms with van der Waals surface area (Å²) in [5.41, 5.74) is 0. The molecule has 0 spiro atoms. The fourth-order valence-electron chi connectivity index (χ4n) is 2.17. The van der Waals surface area contributed by atoms with Gasteiger partial charge in [-0.05, 0) is 36.0 Å². The lowest BCUT2D eigenvalue weighted by Crippen LogP contribution is -2.60. The Morgan fingerprint density at radius 3 is 3.05 bits per heavy atom. The molecule has 7 heteroatoms. The molecule has 1 saturated carbocycles. The second-order valence-electron chi connectivity index (χ2n) is 4.29. The van der Waals surface area contributed by atoms with Crippen LogP contribution >= 0.6 is 0 Å². The summed E-state index contributed by atoms with van der Waals surface area (Å²) >= 11 is 0. The van der Waals surface area contributed by atoms with Gasteiger partial charge in [0.1, 0.15) is 18.4 Å². The number of hydrogen-bond acceptors (Lipinski definition) is 6. The van der Waals surface area contributed by atoms with Gasteiger partial charge >= 0.3 is 5.82 Å². The van der Waals surface area contributed by atoms with Gasteiger partial charge in [-0.25, -0.2) is 0 Å². The monoisotopic (exact) mass is 267 g/mol. The number of nitro groups is 1. The molecule has 0 radical (unpaired) electrons. The number of pyridine rings is 1. The second kappa shape index (κ2) is 5.94. The van der Waals surface area contributed by atoms with Crippen LogP contribution in [0.1, 0.15) is 13.3 Å². The molecule has 0 saturated heterocycles. The first kappa shape index (κ1) is 13.7. The van der Waals surface area contributed by atoms with Gasteiger partial charge in [0, 0.05) is 19.1 Å². The lowest BCUT2D eigenvalue weighted by atomic mass is 9.85. The number of hydrogen-bond donors (Lipinski definition) is 1. The molecule has 1 fully saturated rings. The Labute approximate surface area is 111 Å². The molecule has 0 amide bonds. The van der Waals surface area contributed by atoms with Crippen LogP contribution in [0.3, 0.4) is 0 Å². The Kier molecular flexibility index (Phi) is 4.28. The Balaban J connectivity index is 2.07. The second-order valence-corrected chi connectivity index (χ2v) is 4.29.